The number of aromatic nitrogens is 4. The lowest BCUT2D eigenvalue weighted by atomic mass is 10.1. The van der Waals surface area contributed by atoms with E-state index in [2.05, 4.69) is 124 Å². The first-order valence-electron chi connectivity index (χ1n) is 14.3. The van der Waals surface area contributed by atoms with E-state index in [1.165, 1.54) is 54.7 Å². The van der Waals surface area contributed by atoms with Gasteiger partial charge in [0.25, 0.3) is 0 Å². The topological polar surface area (TPSA) is 35.1 Å². The molecule has 6 aromatic carbocycles. The molecule has 0 saturated heterocycles. The fourth-order valence-corrected chi connectivity index (χ4v) is 7.05. The van der Waals surface area contributed by atoms with Gasteiger partial charge in [-0.25, -0.2) is 9.97 Å². The minimum atomic E-state index is 0.909. The fourth-order valence-electron chi connectivity index (χ4n) is 7.05. The van der Waals surface area contributed by atoms with Crippen LogP contribution in [0.4, 0.5) is 0 Å². The smallest absolute Gasteiger partial charge is 0.165 e. The van der Waals surface area contributed by atoms with Crippen molar-refractivity contribution in [2.45, 2.75) is 0 Å². The summed E-state index contributed by atoms with van der Waals surface area (Å²) in [5.74, 6) is 0. The molecule has 0 spiro atoms. The Labute approximate surface area is 240 Å². The zero-order valence-corrected chi connectivity index (χ0v) is 22.5. The Kier molecular flexibility index (Phi) is 4.15. The summed E-state index contributed by atoms with van der Waals surface area (Å²) in [6.45, 7) is 0. The van der Waals surface area contributed by atoms with E-state index in [-0.39, 0.29) is 0 Å². The van der Waals surface area contributed by atoms with Gasteiger partial charge in [-0.05, 0) is 47.5 Å². The van der Waals surface area contributed by atoms with Crippen molar-refractivity contribution in [3.63, 3.8) is 0 Å². The Bertz CT molecular complexity index is 2660. The quantitative estimate of drug-likeness (QED) is 0.221. The average molecular weight is 535 g/mol. The average Bonchev–Trinajstić information content (AvgIpc) is 3.69. The van der Waals surface area contributed by atoms with E-state index >= 15 is 0 Å². The maximum Gasteiger partial charge on any atom is 0.165 e. The number of rotatable bonds is 2. The number of hydrogen-bond donors (Lipinski definition) is 0. The number of benzene rings is 6. The van der Waals surface area contributed by atoms with Gasteiger partial charge in [0.1, 0.15) is 5.52 Å². The predicted molar refractivity (Wildman–Crippen MR) is 174 cm³/mol. The summed E-state index contributed by atoms with van der Waals surface area (Å²) in [5.41, 5.74) is 12.0. The summed E-state index contributed by atoms with van der Waals surface area (Å²) in [5, 5.41) is 6.08. The van der Waals surface area contributed by atoms with Crippen LogP contribution in [-0.2, 0) is 0 Å². The molecule has 0 aliphatic rings. The zero-order chi connectivity index (χ0) is 27.4. The highest BCUT2D eigenvalue weighted by Gasteiger charge is 2.23. The van der Waals surface area contributed by atoms with Crippen molar-refractivity contribution in [3.8, 4) is 16.8 Å². The maximum atomic E-state index is 5.20. The van der Waals surface area contributed by atoms with Crippen LogP contribution >= 0.6 is 0 Å². The zero-order valence-electron chi connectivity index (χ0n) is 22.5. The van der Waals surface area contributed by atoms with Crippen molar-refractivity contribution in [1.29, 1.82) is 0 Å². The van der Waals surface area contributed by atoms with E-state index < -0.39 is 0 Å². The molecule has 4 heterocycles. The van der Waals surface area contributed by atoms with Gasteiger partial charge in [-0.15, -0.1) is 0 Å². The fraction of sp³-hybridized carbons (Fsp3) is 0. The van der Waals surface area contributed by atoms with Crippen molar-refractivity contribution in [2.24, 2.45) is 0 Å². The van der Waals surface area contributed by atoms with E-state index in [1.807, 2.05) is 18.2 Å². The van der Waals surface area contributed by atoms with Gasteiger partial charge in [0.05, 0.1) is 33.1 Å². The molecule has 0 fully saturated rings. The van der Waals surface area contributed by atoms with E-state index in [1.54, 1.807) is 0 Å². The molecule has 0 aliphatic carbocycles. The van der Waals surface area contributed by atoms with Crippen LogP contribution in [0.1, 0.15) is 0 Å². The number of para-hydroxylation sites is 4. The minimum absolute atomic E-state index is 0.909. The molecule has 0 unspecified atom stereocenters. The first-order valence-corrected chi connectivity index (χ1v) is 14.3. The van der Waals surface area contributed by atoms with Crippen LogP contribution in [0, 0.1) is 0 Å². The van der Waals surface area contributed by atoms with Gasteiger partial charge in [0.2, 0.25) is 0 Å². The third kappa shape index (κ3) is 2.76. The van der Waals surface area contributed by atoms with Crippen LogP contribution in [0.25, 0.3) is 88.0 Å². The van der Waals surface area contributed by atoms with Crippen LogP contribution in [0.15, 0.2) is 133 Å². The Morgan fingerprint density at radius 3 is 1.95 bits per heavy atom. The van der Waals surface area contributed by atoms with Crippen molar-refractivity contribution >= 4 is 71.2 Å². The molecule has 42 heavy (non-hydrogen) atoms. The summed E-state index contributed by atoms with van der Waals surface area (Å²) < 4.78 is 4.76. The molecule has 0 radical (unpaired) electrons. The van der Waals surface area contributed by atoms with Crippen molar-refractivity contribution in [1.82, 2.24) is 18.9 Å². The van der Waals surface area contributed by atoms with Crippen LogP contribution in [0.5, 0.6) is 0 Å². The minimum Gasteiger partial charge on any atom is -0.309 e. The van der Waals surface area contributed by atoms with Crippen LogP contribution in [-0.4, -0.2) is 18.9 Å². The van der Waals surface area contributed by atoms with E-state index in [0.29, 0.717) is 0 Å². The first-order chi connectivity index (χ1) is 20.8. The van der Waals surface area contributed by atoms with E-state index in [0.717, 1.165) is 33.3 Å². The Balaban J connectivity index is 1.36. The molecule has 10 rings (SSSR count). The highest BCUT2D eigenvalue weighted by molar-refractivity contribution is 6.30. The van der Waals surface area contributed by atoms with Gasteiger partial charge in [-0.2, -0.15) is 0 Å². The molecule has 0 N–H and O–H groups in total. The lowest BCUT2D eigenvalue weighted by molar-refractivity contribution is 1.18. The molecule has 10 aromatic rings. The Morgan fingerprint density at radius 2 is 1.10 bits per heavy atom. The number of hydrogen-bond acceptors (Lipinski definition) is 2. The summed E-state index contributed by atoms with van der Waals surface area (Å²) in [4.78, 5) is 10.3. The molecular weight excluding hydrogens is 512 g/mol. The number of nitrogens with zero attached hydrogens (tertiary/aromatic N) is 4. The second-order valence-corrected chi connectivity index (χ2v) is 11.0. The number of fused-ring (bicyclic) bond motifs is 11. The molecule has 194 valence electrons. The Hall–Kier alpha value is -5.74. The van der Waals surface area contributed by atoms with Crippen molar-refractivity contribution < 1.29 is 0 Å². The van der Waals surface area contributed by atoms with Crippen LogP contribution in [0.2, 0.25) is 0 Å². The largest absolute Gasteiger partial charge is 0.309 e. The third-order valence-corrected chi connectivity index (χ3v) is 8.84. The molecular formula is C38H22N4. The molecule has 0 aliphatic heterocycles. The summed E-state index contributed by atoms with van der Waals surface area (Å²) in [7, 11) is 0. The predicted octanol–water partition coefficient (Wildman–Crippen LogP) is 9.54. The molecule has 4 aromatic heterocycles. The normalized spacial score (nSPS) is 12.3. The SMILES string of the molecule is c1ccc(-c2ccc(-n3c4ccccc4c4c3ccc3c5cccc6c7nc8ccccc8nc7n(c56)c34)cc2)cc1. The second kappa shape index (κ2) is 7.93. The highest BCUT2D eigenvalue weighted by atomic mass is 15.0. The second-order valence-electron chi connectivity index (χ2n) is 11.0. The van der Waals surface area contributed by atoms with Crippen molar-refractivity contribution in [2.75, 3.05) is 0 Å². The summed E-state index contributed by atoms with van der Waals surface area (Å²) >= 11 is 0. The summed E-state index contributed by atoms with van der Waals surface area (Å²) in [6.07, 6.45) is 0. The van der Waals surface area contributed by atoms with Crippen molar-refractivity contribution in [3.05, 3.63) is 133 Å². The Morgan fingerprint density at radius 1 is 0.429 bits per heavy atom. The van der Waals surface area contributed by atoms with Gasteiger partial charge in [0.15, 0.2) is 5.65 Å². The standard InChI is InChI=1S/C38H22N4/c1-2-9-23(10-3-1)24-17-19-25(20-18-24)41-32-16-7-4-11-28(32)34-33(41)22-21-27-26-12-8-13-29-35-38(42(36(26)29)37(27)34)40-31-15-6-5-14-30(31)39-35/h1-22H. The molecule has 0 bridgehead atoms. The van der Waals surface area contributed by atoms with Gasteiger partial charge >= 0.3 is 0 Å². The van der Waals surface area contributed by atoms with Gasteiger partial charge in [0, 0.05) is 32.6 Å². The molecule has 4 heteroatoms. The molecule has 4 nitrogen and oxygen atoms in total. The lowest BCUT2D eigenvalue weighted by Gasteiger charge is -2.09. The van der Waals surface area contributed by atoms with Gasteiger partial charge in [-0.3, -0.25) is 4.40 Å². The lowest BCUT2D eigenvalue weighted by Crippen LogP contribution is -1.94. The monoisotopic (exact) mass is 534 g/mol. The highest BCUT2D eigenvalue weighted by Crippen LogP contribution is 2.44. The molecule has 0 saturated carbocycles. The van der Waals surface area contributed by atoms with Gasteiger partial charge < -0.3 is 4.57 Å². The van der Waals surface area contributed by atoms with E-state index in [4.69, 9.17) is 9.97 Å². The van der Waals surface area contributed by atoms with Crippen LogP contribution < -0.4 is 0 Å². The molecule has 0 amide bonds. The first kappa shape index (κ1) is 22.0. The molecule has 0 atom stereocenters. The van der Waals surface area contributed by atoms with Gasteiger partial charge in [-0.1, -0.05) is 97.1 Å². The maximum absolute atomic E-state index is 5.20. The van der Waals surface area contributed by atoms with E-state index in [9.17, 15) is 0 Å². The van der Waals surface area contributed by atoms with Crippen LogP contribution in [0.3, 0.4) is 0 Å². The summed E-state index contributed by atoms with van der Waals surface area (Å²) in [6, 6.07) is 47.5. The third-order valence-electron chi connectivity index (χ3n) is 8.84.